The van der Waals surface area contributed by atoms with Crippen LogP contribution < -0.4 is 10.6 Å². The van der Waals surface area contributed by atoms with E-state index in [2.05, 4.69) is 24.5 Å². The molecule has 0 heterocycles. The molecule has 0 saturated heterocycles. The van der Waals surface area contributed by atoms with Crippen LogP contribution in [0.15, 0.2) is 23.9 Å². The molecule has 37 heavy (non-hydrogen) atoms. The molecule has 0 aliphatic rings. The van der Waals surface area contributed by atoms with Gasteiger partial charge in [0.1, 0.15) is 12.5 Å². The molecule has 2 N–H and O–H groups in total. The molecule has 0 aliphatic heterocycles. The third-order valence-corrected chi connectivity index (χ3v) is 6.57. The molecular weight excluding hydrogens is 460 g/mol. The van der Waals surface area contributed by atoms with Crippen molar-refractivity contribution < 1.29 is 14.3 Å². The lowest BCUT2D eigenvalue weighted by Gasteiger charge is -2.12. The van der Waals surface area contributed by atoms with Crippen molar-refractivity contribution in [2.45, 2.75) is 169 Å². The van der Waals surface area contributed by atoms with Crippen molar-refractivity contribution in [1.82, 2.24) is 10.6 Å². The van der Waals surface area contributed by atoms with Crippen LogP contribution >= 0.6 is 0 Å². The Balaban J connectivity index is 4.80. The van der Waals surface area contributed by atoms with Crippen LogP contribution in [-0.4, -0.2) is 11.8 Å². The molecule has 5 nitrogen and oxygen atoms in total. The molecule has 0 rings (SSSR count). The number of hydrogen-bond acceptors (Lipinski definition) is 3. The van der Waals surface area contributed by atoms with Crippen LogP contribution in [0.3, 0.4) is 0 Å². The molecule has 0 aromatic carbocycles. The molecular formula is C32H60N2O3. The van der Waals surface area contributed by atoms with E-state index < -0.39 is 0 Å². The van der Waals surface area contributed by atoms with Crippen molar-refractivity contribution >= 4 is 11.8 Å². The molecule has 0 atom stereocenters. The van der Waals surface area contributed by atoms with Crippen molar-refractivity contribution in [3.8, 4) is 0 Å². The molecule has 0 unspecified atom stereocenters. The van der Waals surface area contributed by atoms with Gasteiger partial charge in [-0.15, -0.1) is 0 Å². The summed E-state index contributed by atoms with van der Waals surface area (Å²) in [5, 5.41) is 6.07. The molecule has 0 radical (unpaired) electrons. The summed E-state index contributed by atoms with van der Waals surface area (Å²) < 4.78 is 5.81. The minimum absolute atomic E-state index is 0.0382. The Hall–Kier alpha value is -1.78. The van der Waals surface area contributed by atoms with E-state index in [0.29, 0.717) is 12.8 Å². The Bertz CT molecular complexity index is 561. The molecule has 216 valence electrons. The van der Waals surface area contributed by atoms with Gasteiger partial charge in [-0.1, -0.05) is 118 Å². The monoisotopic (exact) mass is 520 g/mol. The smallest absolute Gasteiger partial charge is 0.224 e. The van der Waals surface area contributed by atoms with Gasteiger partial charge in [0, 0.05) is 12.8 Å². The second kappa shape index (κ2) is 27.3. The van der Waals surface area contributed by atoms with Crippen LogP contribution in [0, 0.1) is 0 Å². The molecule has 0 bridgehead atoms. The summed E-state index contributed by atoms with van der Waals surface area (Å²) in [5.74, 6) is 0.0765. The number of hydrogen-bond donors (Lipinski definition) is 2. The summed E-state index contributed by atoms with van der Waals surface area (Å²) >= 11 is 0. The van der Waals surface area contributed by atoms with Gasteiger partial charge in [0.05, 0.1) is 11.4 Å². The fourth-order valence-corrected chi connectivity index (χ4v) is 4.34. The topological polar surface area (TPSA) is 67.4 Å². The summed E-state index contributed by atoms with van der Waals surface area (Å²) in [5.41, 5.74) is 1.65. The third kappa shape index (κ3) is 24.3. The highest BCUT2D eigenvalue weighted by atomic mass is 16.5. The van der Waals surface area contributed by atoms with Gasteiger partial charge in [0.2, 0.25) is 11.8 Å². The Kier molecular flexibility index (Phi) is 25.9. The lowest BCUT2D eigenvalue weighted by molar-refractivity contribution is -0.121. The van der Waals surface area contributed by atoms with E-state index in [4.69, 9.17) is 4.74 Å². The van der Waals surface area contributed by atoms with Gasteiger partial charge < -0.3 is 15.4 Å². The van der Waals surface area contributed by atoms with Gasteiger partial charge in [-0.05, 0) is 38.5 Å². The standard InChI is InChI=1S/C32H60N2O3/c1-5-9-11-13-15-17-19-21-25-29(33-31(35)23-7-3)27-37-28-30(34-32(36)24-8-4)26-22-20-18-16-14-12-10-6-2/h27-28H,5-26H2,1-4H3,(H,33,35)(H,34,36). The van der Waals surface area contributed by atoms with Gasteiger partial charge in [-0.2, -0.15) is 0 Å². The summed E-state index contributed by atoms with van der Waals surface area (Å²) in [7, 11) is 0. The molecule has 0 saturated carbocycles. The summed E-state index contributed by atoms with van der Waals surface area (Å²) in [6.07, 6.45) is 27.6. The lowest BCUT2D eigenvalue weighted by atomic mass is 10.1. The first-order chi connectivity index (χ1) is 18.1. The van der Waals surface area contributed by atoms with Crippen LogP contribution in [0.1, 0.15) is 169 Å². The Morgan fingerprint density at radius 3 is 1.11 bits per heavy atom. The fourth-order valence-electron chi connectivity index (χ4n) is 4.34. The summed E-state index contributed by atoms with van der Waals surface area (Å²) in [6, 6.07) is 0. The molecule has 0 aromatic heterocycles. The number of allylic oxidation sites excluding steroid dienone is 2. The van der Waals surface area contributed by atoms with Gasteiger partial charge in [0.25, 0.3) is 0 Å². The zero-order chi connectivity index (χ0) is 27.4. The van der Waals surface area contributed by atoms with Gasteiger partial charge in [0.15, 0.2) is 0 Å². The minimum atomic E-state index is 0.0382. The first-order valence-corrected chi connectivity index (χ1v) is 15.7. The maximum Gasteiger partial charge on any atom is 0.224 e. The molecule has 2 amide bonds. The summed E-state index contributed by atoms with van der Waals surface area (Å²) in [4.78, 5) is 24.4. The first-order valence-electron chi connectivity index (χ1n) is 15.7. The van der Waals surface area contributed by atoms with E-state index >= 15 is 0 Å². The van der Waals surface area contributed by atoms with Crippen molar-refractivity contribution in [1.29, 1.82) is 0 Å². The van der Waals surface area contributed by atoms with E-state index in [-0.39, 0.29) is 11.8 Å². The molecule has 0 spiro atoms. The van der Waals surface area contributed by atoms with E-state index in [1.54, 1.807) is 12.5 Å². The van der Waals surface area contributed by atoms with Crippen molar-refractivity contribution in [3.63, 3.8) is 0 Å². The fraction of sp³-hybridized carbons (Fsp3) is 0.812. The number of carbonyl (C=O) groups is 2. The van der Waals surface area contributed by atoms with E-state index in [0.717, 1.165) is 49.9 Å². The van der Waals surface area contributed by atoms with Crippen molar-refractivity contribution in [3.05, 3.63) is 23.9 Å². The normalized spacial score (nSPS) is 12.0. The van der Waals surface area contributed by atoms with Crippen LogP contribution in [0.25, 0.3) is 0 Å². The van der Waals surface area contributed by atoms with Gasteiger partial charge in [-0.25, -0.2) is 0 Å². The SMILES string of the molecule is CCCCCCCCCCC(=COC=C(CCCCCCCCCC)NC(=O)CCC)NC(=O)CCC. The number of unbranched alkanes of at least 4 members (excludes halogenated alkanes) is 14. The average Bonchev–Trinajstić information content (AvgIpc) is 2.87. The molecule has 0 aliphatic carbocycles. The second-order valence-electron chi connectivity index (χ2n) is 10.5. The second-order valence-corrected chi connectivity index (χ2v) is 10.5. The zero-order valence-electron chi connectivity index (χ0n) is 24.9. The predicted octanol–water partition coefficient (Wildman–Crippen LogP) is 9.58. The Morgan fingerprint density at radius 1 is 0.459 bits per heavy atom. The molecule has 0 aromatic rings. The molecule has 0 fully saturated rings. The predicted molar refractivity (Wildman–Crippen MR) is 158 cm³/mol. The van der Waals surface area contributed by atoms with Gasteiger partial charge >= 0.3 is 0 Å². The van der Waals surface area contributed by atoms with Crippen LogP contribution in [0.4, 0.5) is 0 Å². The number of carbonyl (C=O) groups excluding carboxylic acids is 2. The molecule has 5 heteroatoms. The first kappa shape index (κ1) is 35.2. The van der Waals surface area contributed by atoms with Crippen LogP contribution in [-0.2, 0) is 14.3 Å². The van der Waals surface area contributed by atoms with Crippen LogP contribution in [0.2, 0.25) is 0 Å². The number of nitrogens with one attached hydrogen (secondary N) is 2. The highest BCUT2D eigenvalue weighted by Crippen LogP contribution is 2.14. The number of ether oxygens (including phenoxy) is 1. The average molecular weight is 521 g/mol. The van der Waals surface area contributed by atoms with Gasteiger partial charge in [-0.3, -0.25) is 9.59 Å². The minimum Gasteiger partial charge on any atom is -0.469 e. The Morgan fingerprint density at radius 2 is 0.784 bits per heavy atom. The Labute approximate surface area is 229 Å². The van der Waals surface area contributed by atoms with Crippen LogP contribution in [0.5, 0.6) is 0 Å². The highest BCUT2D eigenvalue weighted by Gasteiger charge is 2.07. The zero-order valence-corrected chi connectivity index (χ0v) is 24.9. The maximum absolute atomic E-state index is 12.2. The highest BCUT2D eigenvalue weighted by molar-refractivity contribution is 5.78. The number of amides is 2. The maximum atomic E-state index is 12.2. The van der Waals surface area contributed by atoms with Crippen molar-refractivity contribution in [2.75, 3.05) is 0 Å². The van der Waals surface area contributed by atoms with E-state index in [1.165, 1.54) is 89.9 Å². The van der Waals surface area contributed by atoms with Crippen molar-refractivity contribution in [2.24, 2.45) is 0 Å². The lowest BCUT2D eigenvalue weighted by Crippen LogP contribution is -2.23. The number of rotatable bonds is 26. The van der Waals surface area contributed by atoms with E-state index in [1.807, 2.05) is 13.8 Å². The quantitative estimate of drug-likeness (QED) is 0.0881. The van der Waals surface area contributed by atoms with E-state index in [9.17, 15) is 9.59 Å². The summed E-state index contributed by atoms with van der Waals surface area (Å²) in [6.45, 7) is 8.52. The largest absolute Gasteiger partial charge is 0.469 e. The third-order valence-electron chi connectivity index (χ3n) is 6.57.